The molecule has 2 fully saturated rings. The maximum atomic E-state index is 12.6. The van der Waals surface area contributed by atoms with Crippen LogP contribution in [0.1, 0.15) is 64.7 Å². The number of hydrogen-bond donors (Lipinski definition) is 3. The summed E-state index contributed by atoms with van der Waals surface area (Å²) >= 11 is 0. The van der Waals surface area contributed by atoms with E-state index in [2.05, 4.69) is 17.4 Å². The van der Waals surface area contributed by atoms with E-state index in [0.717, 1.165) is 57.8 Å². The molecular formula is C15H27N3O2. The van der Waals surface area contributed by atoms with E-state index in [0.29, 0.717) is 5.92 Å². The Morgan fingerprint density at radius 2 is 1.85 bits per heavy atom. The smallest absolute Gasteiger partial charge is 0.224 e. The Bertz CT molecular complexity index is 373. The zero-order valence-corrected chi connectivity index (χ0v) is 12.4. The Labute approximate surface area is 121 Å². The van der Waals surface area contributed by atoms with E-state index >= 15 is 0 Å². The average Bonchev–Trinajstić information content (AvgIpc) is 2.73. The second kappa shape index (κ2) is 6.46. The molecule has 0 saturated heterocycles. The lowest BCUT2D eigenvalue weighted by molar-refractivity contribution is -0.127. The predicted octanol–water partition coefficient (Wildman–Crippen LogP) is 2.38. The van der Waals surface area contributed by atoms with Crippen molar-refractivity contribution in [3.8, 4) is 0 Å². The molecule has 0 aromatic carbocycles. The molecule has 0 aromatic rings. The van der Waals surface area contributed by atoms with Gasteiger partial charge in [0.2, 0.25) is 5.91 Å². The standard InChI is InChI=1S/C15H27N3O2/c1-11-7-6-8-12(11)13(19)17-15(14(16)18-20)9-4-2-3-5-10-15/h11-12,20H,2-10H2,1H3,(H2,16,18)(H,17,19). The van der Waals surface area contributed by atoms with Crippen molar-refractivity contribution in [1.82, 2.24) is 5.32 Å². The Hall–Kier alpha value is -1.26. The Morgan fingerprint density at radius 3 is 2.35 bits per heavy atom. The number of nitrogens with zero attached hydrogens (tertiary/aromatic N) is 1. The van der Waals surface area contributed by atoms with Crippen LogP contribution in [0.4, 0.5) is 0 Å². The van der Waals surface area contributed by atoms with Crippen LogP contribution in [0.2, 0.25) is 0 Å². The maximum Gasteiger partial charge on any atom is 0.224 e. The second-order valence-electron chi connectivity index (χ2n) is 6.49. The quantitative estimate of drug-likeness (QED) is 0.244. The number of hydrogen-bond acceptors (Lipinski definition) is 3. The summed E-state index contributed by atoms with van der Waals surface area (Å²) in [5, 5.41) is 15.4. The van der Waals surface area contributed by atoms with E-state index in [1.54, 1.807) is 0 Å². The Morgan fingerprint density at radius 1 is 1.20 bits per heavy atom. The van der Waals surface area contributed by atoms with Gasteiger partial charge in [-0.1, -0.05) is 44.2 Å². The van der Waals surface area contributed by atoms with Crippen molar-refractivity contribution >= 4 is 11.7 Å². The van der Waals surface area contributed by atoms with Crippen molar-refractivity contribution in [1.29, 1.82) is 0 Å². The van der Waals surface area contributed by atoms with Crippen molar-refractivity contribution in [3.63, 3.8) is 0 Å². The number of carbonyl (C=O) groups is 1. The predicted molar refractivity (Wildman–Crippen MR) is 78.5 cm³/mol. The first-order valence-corrected chi connectivity index (χ1v) is 7.89. The monoisotopic (exact) mass is 281 g/mol. The van der Waals surface area contributed by atoms with Crippen LogP contribution in [0, 0.1) is 11.8 Å². The molecule has 20 heavy (non-hydrogen) atoms. The minimum absolute atomic E-state index is 0.0848. The molecule has 5 heteroatoms. The van der Waals surface area contributed by atoms with E-state index < -0.39 is 5.54 Å². The van der Waals surface area contributed by atoms with E-state index in [1.807, 2.05) is 0 Å². The van der Waals surface area contributed by atoms with Gasteiger partial charge in [0, 0.05) is 5.92 Å². The summed E-state index contributed by atoms with van der Waals surface area (Å²) < 4.78 is 0. The van der Waals surface area contributed by atoms with Crippen LogP contribution in [0.15, 0.2) is 5.16 Å². The van der Waals surface area contributed by atoms with Crippen molar-refractivity contribution in [2.45, 2.75) is 70.3 Å². The highest BCUT2D eigenvalue weighted by atomic mass is 16.4. The van der Waals surface area contributed by atoms with Crippen molar-refractivity contribution in [3.05, 3.63) is 0 Å². The van der Waals surface area contributed by atoms with Gasteiger partial charge in [-0.25, -0.2) is 0 Å². The van der Waals surface area contributed by atoms with Crippen LogP contribution in [0.25, 0.3) is 0 Å². The van der Waals surface area contributed by atoms with E-state index in [-0.39, 0.29) is 17.7 Å². The van der Waals surface area contributed by atoms with Gasteiger partial charge >= 0.3 is 0 Å². The summed E-state index contributed by atoms with van der Waals surface area (Å²) in [6, 6.07) is 0. The third kappa shape index (κ3) is 3.07. The van der Waals surface area contributed by atoms with E-state index in [4.69, 9.17) is 10.9 Å². The fourth-order valence-corrected chi connectivity index (χ4v) is 3.74. The maximum absolute atomic E-state index is 12.6. The van der Waals surface area contributed by atoms with Gasteiger partial charge in [0.15, 0.2) is 5.84 Å². The fourth-order valence-electron chi connectivity index (χ4n) is 3.74. The zero-order valence-electron chi connectivity index (χ0n) is 12.4. The average molecular weight is 281 g/mol. The highest BCUT2D eigenvalue weighted by molar-refractivity contribution is 5.94. The molecule has 114 valence electrons. The van der Waals surface area contributed by atoms with Gasteiger partial charge in [0.05, 0.1) is 0 Å². The summed E-state index contributed by atoms with van der Waals surface area (Å²) in [6.07, 6.45) is 9.06. The van der Waals surface area contributed by atoms with Crippen molar-refractivity contribution in [2.24, 2.45) is 22.7 Å². The molecule has 0 heterocycles. The first kappa shape index (κ1) is 15.1. The molecule has 2 aliphatic carbocycles. The molecule has 2 unspecified atom stereocenters. The number of rotatable bonds is 3. The van der Waals surface area contributed by atoms with E-state index in [1.165, 1.54) is 0 Å². The zero-order chi connectivity index (χ0) is 14.6. The number of amidine groups is 1. The third-order valence-corrected chi connectivity index (χ3v) is 5.12. The number of carbonyl (C=O) groups excluding carboxylic acids is 1. The molecule has 2 saturated carbocycles. The third-order valence-electron chi connectivity index (χ3n) is 5.12. The fraction of sp³-hybridized carbons (Fsp3) is 0.867. The molecule has 0 radical (unpaired) electrons. The lowest BCUT2D eigenvalue weighted by atomic mass is 9.87. The van der Waals surface area contributed by atoms with Gasteiger partial charge in [-0.05, 0) is 31.6 Å². The Kier molecular flexibility index (Phi) is 4.89. The SMILES string of the molecule is CC1CCCC1C(=O)NC1(C(N)=NO)CCCCCC1. The minimum atomic E-state index is -0.634. The first-order valence-electron chi connectivity index (χ1n) is 7.89. The highest BCUT2D eigenvalue weighted by Gasteiger charge is 2.40. The van der Waals surface area contributed by atoms with Crippen molar-refractivity contribution in [2.75, 3.05) is 0 Å². The van der Waals surface area contributed by atoms with Crippen LogP contribution in [-0.4, -0.2) is 22.5 Å². The normalized spacial score (nSPS) is 30.8. The van der Waals surface area contributed by atoms with Crippen LogP contribution in [0.3, 0.4) is 0 Å². The summed E-state index contributed by atoms with van der Waals surface area (Å²) in [7, 11) is 0. The molecule has 0 aliphatic heterocycles. The molecule has 5 nitrogen and oxygen atoms in total. The second-order valence-corrected chi connectivity index (χ2v) is 6.49. The van der Waals surface area contributed by atoms with Gasteiger partial charge in [-0.15, -0.1) is 0 Å². The summed E-state index contributed by atoms with van der Waals surface area (Å²) in [4.78, 5) is 12.6. The molecule has 2 aliphatic rings. The molecule has 0 aromatic heterocycles. The minimum Gasteiger partial charge on any atom is -0.409 e. The topological polar surface area (TPSA) is 87.7 Å². The van der Waals surface area contributed by atoms with Gasteiger partial charge < -0.3 is 16.3 Å². The molecule has 0 bridgehead atoms. The van der Waals surface area contributed by atoms with Gasteiger partial charge in [0.1, 0.15) is 5.54 Å². The number of amides is 1. The van der Waals surface area contributed by atoms with Gasteiger partial charge in [-0.3, -0.25) is 4.79 Å². The number of nitrogens with one attached hydrogen (secondary N) is 1. The highest BCUT2D eigenvalue weighted by Crippen LogP contribution is 2.33. The molecule has 0 spiro atoms. The van der Waals surface area contributed by atoms with Crippen LogP contribution < -0.4 is 11.1 Å². The number of nitrogens with two attached hydrogens (primary N) is 1. The van der Waals surface area contributed by atoms with Gasteiger partial charge in [-0.2, -0.15) is 0 Å². The largest absolute Gasteiger partial charge is 0.409 e. The van der Waals surface area contributed by atoms with Crippen LogP contribution in [-0.2, 0) is 4.79 Å². The van der Waals surface area contributed by atoms with Crippen LogP contribution in [0.5, 0.6) is 0 Å². The summed E-state index contributed by atoms with van der Waals surface area (Å²) in [5.41, 5.74) is 5.28. The summed E-state index contributed by atoms with van der Waals surface area (Å²) in [5.74, 6) is 0.772. The first-order chi connectivity index (χ1) is 9.59. The lowest BCUT2D eigenvalue weighted by Gasteiger charge is -2.34. The molecule has 4 N–H and O–H groups in total. The number of oxime groups is 1. The van der Waals surface area contributed by atoms with Crippen LogP contribution >= 0.6 is 0 Å². The molecule has 2 atom stereocenters. The van der Waals surface area contributed by atoms with E-state index in [9.17, 15) is 4.79 Å². The molecule has 2 rings (SSSR count). The summed E-state index contributed by atoms with van der Waals surface area (Å²) in [6.45, 7) is 2.14. The van der Waals surface area contributed by atoms with Crippen molar-refractivity contribution < 1.29 is 10.0 Å². The van der Waals surface area contributed by atoms with Gasteiger partial charge in [0.25, 0.3) is 0 Å². The molecular weight excluding hydrogens is 254 g/mol. The lowest BCUT2D eigenvalue weighted by Crippen LogP contribution is -2.58. The Balaban J connectivity index is 2.13. The molecule has 1 amide bonds.